The molecule has 17 heavy (non-hydrogen) atoms. The first-order chi connectivity index (χ1) is 8.17. The van der Waals surface area contributed by atoms with Gasteiger partial charge in [0, 0.05) is 11.3 Å². The van der Waals surface area contributed by atoms with Gasteiger partial charge in [0.15, 0.2) is 5.78 Å². The van der Waals surface area contributed by atoms with E-state index in [1.54, 1.807) is 24.3 Å². The number of ketones is 1. The molecule has 0 radical (unpaired) electrons. The summed E-state index contributed by atoms with van der Waals surface area (Å²) < 4.78 is 4.41. The molecular formula is C12H16ClNO3. The first-order valence-corrected chi connectivity index (χ1v) is 5.75. The fourth-order valence-electron chi connectivity index (χ4n) is 0.985. The largest absolute Gasteiger partial charge is 0.453 e. The summed E-state index contributed by atoms with van der Waals surface area (Å²) in [6, 6.07) is 6.40. The van der Waals surface area contributed by atoms with Crippen LogP contribution in [-0.4, -0.2) is 24.9 Å². The number of benzene rings is 1. The van der Waals surface area contributed by atoms with E-state index in [2.05, 4.69) is 10.1 Å². The van der Waals surface area contributed by atoms with Crippen LogP contribution in [0.25, 0.3) is 0 Å². The molecule has 0 saturated heterocycles. The van der Waals surface area contributed by atoms with Crippen LogP contribution >= 0.6 is 11.6 Å². The van der Waals surface area contributed by atoms with E-state index in [0.717, 1.165) is 0 Å². The highest BCUT2D eigenvalue weighted by atomic mass is 35.5. The molecule has 0 spiro atoms. The highest BCUT2D eigenvalue weighted by molar-refractivity contribution is 6.30. The SMILES string of the molecule is CC.COC(=O)Nc1ccc(C(=O)CCl)cc1. The minimum Gasteiger partial charge on any atom is -0.453 e. The van der Waals surface area contributed by atoms with E-state index in [1.165, 1.54) is 7.11 Å². The van der Waals surface area contributed by atoms with Gasteiger partial charge in [0.25, 0.3) is 0 Å². The van der Waals surface area contributed by atoms with E-state index in [-0.39, 0.29) is 11.7 Å². The Morgan fingerprint density at radius 1 is 1.24 bits per heavy atom. The zero-order valence-electron chi connectivity index (χ0n) is 10.1. The van der Waals surface area contributed by atoms with Crippen molar-refractivity contribution in [1.82, 2.24) is 0 Å². The van der Waals surface area contributed by atoms with Crippen molar-refractivity contribution < 1.29 is 14.3 Å². The van der Waals surface area contributed by atoms with Gasteiger partial charge in [-0.05, 0) is 24.3 Å². The smallest absolute Gasteiger partial charge is 0.411 e. The number of rotatable bonds is 3. The summed E-state index contributed by atoms with van der Waals surface area (Å²) >= 11 is 5.39. The van der Waals surface area contributed by atoms with Crippen molar-refractivity contribution in [2.75, 3.05) is 18.3 Å². The monoisotopic (exact) mass is 257 g/mol. The zero-order valence-corrected chi connectivity index (χ0v) is 10.9. The molecule has 0 fully saturated rings. The Hall–Kier alpha value is -1.55. The Labute approximate surface area is 106 Å². The number of amides is 1. The molecule has 0 atom stereocenters. The third-order valence-electron chi connectivity index (χ3n) is 1.76. The number of anilines is 1. The van der Waals surface area contributed by atoms with Gasteiger partial charge in [0.05, 0.1) is 13.0 Å². The molecule has 4 nitrogen and oxygen atoms in total. The van der Waals surface area contributed by atoms with Crippen LogP contribution in [-0.2, 0) is 4.74 Å². The number of hydrogen-bond acceptors (Lipinski definition) is 3. The quantitative estimate of drug-likeness (QED) is 0.668. The lowest BCUT2D eigenvalue weighted by Crippen LogP contribution is -2.11. The summed E-state index contributed by atoms with van der Waals surface area (Å²) in [6.45, 7) is 4.00. The summed E-state index contributed by atoms with van der Waals surface area (Å²) in [5.74, 6) is -0.203. The van der Waals surface area contributed by atoms with Crippen LogP contribution in [0.1, 0.15) is 24.2 Å². The van der Waals surface area contributed by atoms with Crippen LogP contribution in [0.15, 0.2) is 24.3 Å². The molecule has 5 heteroatoms. The maximum Gasteiger partial charge on any atom is 0.411 e. The maximum absolute atomic E-state index is 11.2. The Morgan fingerprint density at radius 3 is 2.18 bits per heavy atom. The van der Waals surface area contributed by atoms with E-state index >= 15 is 0 Å². The summed E-state index contributed by atoms with van der Waals surface area (Å²) in [5, 5.41) is 2.47. The van der Waals surface area contributed by atoms with E-state index in [1.807, 2.05) is 13.8 Å². The summed E-state index contributed by atoms with van der Waals surface area (Å²) in [6.07, 6.45) is -0.550. The number of carbonyl (C=O) groups is 2. The molecule has 1 N–H and O–H groups in total. The fraction of sp³-hybridized carbons (Fsp3) is 0.333. The molecule has 0 aliphatic rings. The highest BCUT2D eigenvalue weighted by Gasteiger charge is 2.04. The van der Waals surface area contributed by atoms with Crippen LogP contribution in [0.4, 0.5) is 10.5 Å². The lowest BCUT2D eigenvalue weighted by Gasteiger charge is -2.03. The predicted molar refractivity (Wildman–Crippen MR) is 68.9 cm³/mol. The van der Waals surface area contributed by atoms with Crippen LogP contribution < -0.4 is 5.32 Å². The van der Waals surface area contributed by atoms with Crippen molar-refractivity contribution in [3.8, 4) is 0 Å². The molecule has 1 rings (SSSR count). The molecule has 0 aromatic heterocycles. The molecule has 0 aliphatic heterocycles. The number of Topliss-reactive ketones (excluding diaryl/α,β-unsaturated/α-hetero) is 1. The molecule has 1 aromatic carbocycles. The molecule has 1 amide bonds. The van der Waals surface area contributed by atoms with Gasteiger partial charge < -0.3 is 4.74 Å². The van der Waals surface area contributed by atoms with Crippen molar-refractivity contribution in [1.29, 1.82) is 0 Å². The second kappa shape index (κ2) is 8.58. The average molecular weight is 258 g/mol. The van der Waals surface area contributed by atoms with E-state index in [0.29, 0.717) is 11.3 Å². The van der Waals surface area contributed by atoms with Crippen molar-refractivity contribution in [2.45, 2.75) is 13.8 Å². The molecule has 0 aliphatic carbocycles. The second-order valence-corrected chi connectivity index (χ2v) is 3.02. The lowest BCUT2D eigenvalue weighted by molar-refractivity contribution is 0.102. The Kier molecular flexibility index (Phi) is 7.80. The van der Waals surface area contributed by atoms with E-state index < -0.39 is 6.09 Å². The summed E-state index contributed by atoms with van der Waals surface area (Å²) in [7, 11) is 1.28. The molecular weight excluding hydrogens is 242 g/mol. The minimum atomic E-state index is -0.550. The number of methoxy groups -OCH3 is 1. The Balaban J connectivity index is 0.00000121. The minimum absolute atomic E-state index is 0.0518. The normalized spacial score (nSPS) is 8.71. The molecule has 0 bridgehead atoms. The lowest BCUT2D eigenvalue weighted by atomic mass is 10.1. The first kappa shape index (κ1) is 15.4. The average Bonchev–Trinajstić information content (AvgIpc) is 2.40. The third kappa shape index (κ3) is 5.36. The van der Waals surface area contributed by atoms with Crippen molar-refractivity contribution in [2.24, 2.45) is 0 Å². The molecule has 0 unspecified atom stereocenters. The number of alkyl halides is 1. The number of hydrogen-bond donors (Lipinski definition) is 1. The van der Waals surface area contributed by atoms with Gasteiger partial charge in [0.1, 0.15) is 0 Å². The van der Waals surface area contributed by atoms with Gasteiger partial charge in [-0.3, -0.25) is 10.1 Å². The van der Waals surface area contributed by atoms with Gasteiger partial charge in [-0.2, -0.15) is 0 Å². The number of halogens is 1. The van der Waals surface area contributed by atoms with Crippen LogP contribution in [0.2, 0.25) is 0 Å². The van der Waals surface area contributed by atoms with Crippen molar-refractivity contribution >= 4 is 29.2 Å². The maximum atomic E-state index is 11.2. The van der Waals surface area contributed by atoms with Gasteiger partial charge in [-0.25, -0.2) is 4.79 Å². The van der Waals surface area contributed by atoms with E-state index in [9.17, 15) is 9.59 Å². The predicted octanol–water partition coefficient (Wildman–Crippen LogP) is 3.31. The van der Waals surface area contributed by atoms with Gasteiger partial charge >= 0.3 is 6.09 Å². The zero-order chi connectivity index (χ0) is 13.3. The molecule has 0 saturated carbocycles. The van der Waals surface area contributed by atoms with Crippen LogP contribution in [0.5, 0.6) is 0 Å². The number of nitrogens with one attached hydrogen (secondary N) is 1. The summed E-state index contributed by atoms with van der Waals surface area (Å²) in [4.78, 5) is 22.0. The Morgan fingerprint density at radius 2 is 1.76 bits per heavy atom. The van der Waals surface area contributed by atoms with Crippen molar-refractivity contribution in [3.63, 3.8) is 0 Å². The third-order valence-corrected chi connectivity index (χ3v) is 2.00. The standard InChI is InChI=1S/C10H10ClNO3.C2H6/c1-15-10(14)12-8-4-2-7(3-5-8)9(13)6-11;1-2/h2-5H,6H2,1H3,(H,12,14);1-2H3. The molecule has 0 heterocycles. The Bertz CT molecular complexity index is 363. The van der Waals surface area contributed by atoms with Crippen molar-refractivity contribution in [3.05, 3.63) is 29.8 Å². The second-order valence-electron chi connectivity index (χ2n) is 2.75. The van der Waals surface area contributed by atoms with Crippen LogP contribution in [0.3, 0.4) is 0 Å². The highest BCUT2D eigenvalue weighted by Crippen LogP contribution is 2.10. The van der Waals surface area contributed by atoms with Gasteiger partial charge in [-0.1, -0.05) is 13.8 Å². The van der Waals surface area contributed by atoms with Gasteiger partial charge in [0.2, 0.25) is 0 Å². The topological polar surface area (TPSA) is 55.4 Å². The molecule has 94 valence electrons. The van der Waals surface area contributed by atoms with Gasteiger partial charge in [-0.15, -0.1) is 11.6 Å². The summed E-state index contributed by atoms with van der Waals surface area (Å²) in [5.41, 5.74) is 1.08. The molecule has 1 aromatic rings. The fourth-order valence-corrected chi connectivity index (χ4v) is 1.14. The number of carbonyl (C=O) groups excluding carboxylic acids is 2. The number of ether oxygens (including phenoxy) is 1. The van der Waals surface area contributed by atoms with Crippen LogP contribution in [0, 0.1) is 0 Å². The van der Waals surface area contributed by atoms with E-state index in [4.69, 9.17) is 11.6 Å². The first-order valence-electron chi connectivity index (χ1n) is 5.21.